The summed E-state index contributed by atoms with van der Waals surface area (Å²) in [7, 11) is 0. The predicted octanol–water partition coefficient (Wildman–Crippen LogP) is 5.14. The normalized spacial score (nSPS) is 16.7. The zero-order valence-corrected chi connectivity index (χ0v) is 12.4. The van der Waals surface area contributed by atoms with Crippen LogP contribution in [-0.4, -0.2) is 6.04 Å². The van der Waals surface area contributed by atoms with Crippen molar-refractivity contribution in [3.8, 4) is 0 Å². The smallest absolute Gasteiger partial charge is 0.0443 e. The summed E-state index contributed by atoms with van der Waals surface area (Å²) in [5.74, 6) is 0. The van der Waals surface area contributed by atoms with Gasteiger partial charge in [-0.2, -0.15) is 0 Å². The van der Waals surface area contributed by atoms with Gasteiger partial charge in [0.15, 0.2) is 0 Å². The summed E-state index contributed by atoms with van der Waals surface area (Å²) in [6.07, 6.45) is 9.43. The Morgan fingerprint density at radius 2 is 1.95 bits per heavy atom. The molecule has 1 aromatic carbocycles. The number of hydrogen-bond donors (Lipinski definition) is 0. The largest absolute Gasteiger partial charge is 0.338 e. The second-order valence-electron chi connectivity index (χ2n) is 5.52. The van der Waals surface area contributed by atoms with Gasteiger partial charge in [0.1, 0.15) is 0 Å². The van der Waals surface area contributed by atoms with E-state index in [-0.39, 0.29) is 0 Å². The minimum Gasteiger partial charge on any atom is -0.338 e. The minimum atomic E-state index is 0.630. The lowest BCUT2D eigenvalue weighted by Gasteiger charge is -2.33. The van der Waals surface area contributed by atoms with Gasteiger partial charge in [0.25, 0.3) is 0 Å². The molecule has 0 radical (unpaired) electrons. The van der Waals surface area contributed by atoms with E-state index in [0.29, 0.717) is 6.04 Å². The Kier molecular flexibility index (Phi) is 4.47. The molecule has 1 saturated carbocycles. The Labute approximate surface area is 117 Å². The lowest BCUT2D eigenvalue weighted by molar-refractivity contribution is 0.659. The molecule has 1 aliphatic carbocycles. The van der Waals surface area contributed by atoms with Gasteiger partial charge < -0.3 is 4.90 Å². The number of allylic oxidation sites excluding steroid dienone is 2. The molecule has 0 N–H and O–H groups in total. The molecule has 0 heterocycles. The third kappa shape index (κ3) is 2.91. The van der Waals surface area contributed by atoms with Crippen molar-refractivity contribution in [3.05, 3.63) is 53.8 Å². The van der Waals surface area contributed by atoms with Gasteiger partial charge in [-0.05, 0) is 51.3 Å². The van der Waals surface area contributed by atoms with Crippen LogP contribution in [0.5, 0.6) is 0 Å². The van der Waals surface area contributed by atoms with E-state index in [4.69, 9.17) is 0 Å². The van der Waals surface area contributed by atoms with Crippen molar-refractivity contribution < 1.29 is 0 Å². The summed E-state index contributed by atoms with van der Waals surface area (Å²) in [6.45, 7) is 10.4. The van der Waals surface area contributed by atoms with E-state index >= 15 is 0 Å². The molecule has 0 saturated heterocycles. The average Bonchev–Trinajstić information content (AvgIpc) is 2.90. The van der Waals surface area contributed by atoms with Crippen LogP contribution in [0.3, 0.4) is 0 Å². The quantitative estimate of drug-likeness (QED) is 0.673. The van der Waals surface area contributed by atoms with Gasteiger partial charge in [-0.1, -0.05) is 43.2 Å². The SMILES string of the molecule is C=C/C(=C\C)N(c1ccc(C)cc1C)C1CCCC1. The third-order valence-corrected chi connectivity index (χ3v) is 4.08. The van der Waals surface area contributed by atoms with Crippen LogP contribution in [0.15, 0.2) is 42.6 Å². The summed E-state index contributed by atoms with van der Waals surface area (Å²) in [4.78, 5) is 2.49. The van der Waals surface area contributed by atoms with Crippen molar-refractivity contribution in [2.75, 3.05) is 4.90 Å². The van der Waals surface area contributed by atoms with Crippen molar-refractivity contribution >= 4 is 5.69 Å². The fourth-order valence-corrected chi connectivity index (χ4v) is 3.14. The van der Waals surface area contributed by atoms with E-state index in [1.807, 2.05) is 6.08 Å². The molecule has 1 aliphatic rings. The third-order valence-electron chi connectivity index (χ3n) is 4.08. The molecular formula is C18H25N. The van der Waals surface area contributed by atoms with Gasteiger partial charge in [-0.15, -0.1) is 0 Å². The van der Waals surface area contributed by atoms with Crippen LogP contribution in [-0.2, 0) is 0 Å². The summed E-state index contributed by atoms with van der Waals surface area (Å²) < 4.78 is 0. The zero-order chi connectivity index (χ0) is 13.8. The molecule has 1 fully saturated rings. The molecule has 0 aliphatic heterocycles. The predicted molar refractivity (Wildman–Crippen MR) is 84.6 cm³/mol. The highest BCUT2D eigenvalue weighted by Gasteiger charge is 2.25. The van der Waals surface area contributed by atoms with Crippen LogP contribution in [0.1, 0.15) is 43.7 Å². The van der Waals surface area contributed by atoms with Gasteiger partial charge in [-0.3, -0.25) is 0 Å². The highest BCUT2D eigenvalue weighted by atomic mass is 15.2. The molecule has 102 valence electrons. The monoisotopic (exact) mass is 255 g/mol. The van der Waals surface area contributed by atoms with Gasteiger partial charge in [0.05, 0.1) is 0 Å². The van der Waals surface area contributed by atoms with Crippen molar-refractivity contribution in [1.82, 2.24) is 0 Å². The average molecular weight is 255 g/mol. The molecule has 0 spiro atoms. The molecule has 1 heteroatoms. The fraction of sp³-hybridized carbons (Fsp3) is 0.444. The molecule has 2 rings (SSSR count). The second-order valence-corrected chi connectivity index (χ2v) is 5.52. The highest BCUT2D eigenvalue weighted by molar-refractivity contribution is 5.61. The van der Waals surface area contributed by atoms with Crippen LogP contribution in [0.2, 0.25) is 0 Å². The standard InChI is InChI=1S/C18H25N/c1-5-16(6-2)19(17-9-7-8-10-17)18-12-11-14(3)13-15(18)4/h5-6,11-13,17H,1,7-10H2,2-4H3/b16-6+. The van der Waals surface area contributed by atoms with E-state index in [1.165, 1.54) is 48.2 Å². The minimum absolute atomic E-state index is 0.630. The Morgan fingerprint density at radius 3 is 2.47 bits per heavy atom. The van der Waals surface area contributed by atoms with E-state index in [9.17, 15) is 0 Å². The van der Waals surface area contributed by atoms with Crippen molar-refractivity contribution in [2.24, 2.45) is 0 Å². The van der Waals surface area contributed by atoms with E-state index in [0.717, 1.165) is 0 Å². The first-order valence-corrected chi connectivity index (χ1v) is 7.32. The van der Waals surface area contributed by atoms with Crippen LogP contribution < -0.4 is 4.90 Å². The van der Waals surface area contributed by atoms with E-state index in [2.05, 4.69) is 56.5 Å². The Balaban J connectivity index is 2.44. The molecular weight excluding hydrogens is 230 g/mol. The first-order chi connectivity index (χ1) is 9.17. The molecule has 1 nitrogen and oxygen atoms in total. The number of benzene rings is 1. The number of anilines is 1. The van der Waals surface area contributed by atoms with Gasteiger partial charge in [-0.25, -0.2) is 0 Å². The van der Waals surface area contributed by atoms with Crippen molar-refractivity contribution in [1.29, 1.82) is 0 Å². The topological polar surface area (TPSA) is 3.24 Å². The Morgan fingerprint density at radius 1 is 1.26 bits per heavy atom. The molecule has 0 bridgehead atoms. The highest BCUT2D eigenvalue weighted by Crippen LogP contribution is 2.34. The fourth-order valence-electron chi connectivity index (χ4n) is 3.14. The lowest BCUT2D eigenvalue weighted by atomic mass is 10.1. The number of hydrogen-bond acceptors (Lipinski definition) is 1. The van der Waals surface area contributed by atoms with Crippen molar-refractivity contribution in [3.63, 3.8) is 0 Å². The molecule has 19 heavy (non-hydrogen) atoms. The molecule has 0 aromatic heterocycles. The van der Waals surface area contributed by atoms with Gasteiger partial charge in [0, 0.05) is 17.4 Å². The molecule has 0 unspecified atom stereocenters. The van der Waals surface area contributed by atoms with Crippen LogP contribution in [0.4, 0.5) is 5.69 Å². The molecule has 0 amide bonds. The first kappa shape index (κ1) is 13.9. The van der Waals surface area contributed by atoms with Crippen LogP contribution in [0.25, 0.3) is 0 Å². The Bertz CT molecular complexity index is 478. The summed E-state index contributed by atoms with van der Waals surface area (Å²) in [6, 6.07) is 7.37. The van der Waals surface area contributed by atoms with E-state index < -0.39 is 0 Å². The first-order valence-electron chi connectivity index (χ1n) is 7.32. The maximum Gasteiger partial charge on any atom is 0.0443 e. The summed E-state index contributed by atoms with van der Waals surface area (Å²) in [5, 5.41) is 0. The van der Waals surface area contributed by atoms with Gasteiger partial charge >= 0.3 is 0 Å². The zero-order valence-electron chi connectivity index (χ0n) is 12.4. The van der Waals surface area contributed by atoms with Gasteiger partial charge in [0.2, 0.25) is 0 Å². The second kappa shape index (κ2) is 6.10. The summed E-state index contributed by atoms with van der Waals surface area (Å²) >= 11 is 0. The molecule has 1 aromatic rings. The Hall–Kier alpha value is -1.50. The van der Waals surface area contributed by atoms with Crippen LogP contribution in [0, 0.1) is 13.8 Å². The number of rotatable bonds is 4. The lowest BCUT2D eigenvalue weighted by Crippen LogP contribution is -2.32. The maximum absolute atomic E-state index is 3.99. The number of nitrogens with zero attached hydrogens (tertiary/aromatic N) is 1. The maximum atomic E-state index is 3.99. The van der Waals surface area contributed by atoms with Crippen LogP contribution >= 0.6 is 0 Å². The van der Waals surface area contributed by atoms with E-state index in [1.54, 1.807) is 0 Å². The van der Waals surface area contributed by atoms with Crippen molar-refractivity contribution in [2.45, 2.75) is 52.5 Å². The molecule has 0 atom stereocenters. The number of aryl methyl sites for hydroxylation is 2. The summed E-state index contributed by atoms with van der Waals surface area (Å²) in [5.41, 5.74) is 5.26.